The maximum Gasteiger partial charge on any atom is 0.522 e. The molecule has 3 rings (SSSR count). The van der Waals surface area contributed by atoms with Crippen molar-refractivity contribution in [1.82, 2.24) is 4.90 Å². The van der Waals surface area contributed by atoms with Gasteiger partial charge in [0.15, 0.2) is 0 Å². The fourth-order valence-electron chi connectivity index (χ4n) is 3.39. The third kappa shape index (κ3) is 8.01. The van der Waals surface area contributed by atoms with Gasteiger partial charge in [-0.1, -0.05) is 6.07 Å². The number of rotatable bonds is 8. The molecule has 2 amide bonds. The van der Waals surface area contributed by atoms with Crippen LogP contribution in [0.5, 0.6) is 11.5 Å². The van der Waals surface area contributed by atoms with E-state index in [1.165, 1.54) is 0 Å². The standard InChI is InChI=1S/C18H24BN3O7.C2HF3O2/c20-11(2-4-14(21)23)7-15(24)22-8-12(9-22)28-13-3-1-10-5-6-19(27)29-17(10)16(13)18(25)26;3-2(4,5)1(6)7/h1,3,11-12,27H,2,4-9,20H2,(H2,21,23)(H,25,26);(H,6,7)/t11-;/m0./s1. The molecule has 0 saturated carbocycles. The summed E-state index contributed by atoms with van der Waals surface area (Å²) >= 11 is 0. The molecule has 1 saturated heterocycles. The lowest BCUT2D eigenvalue weighted by molar-refractivity contribution is -0.192. The Morgan fingerprint density at radius 3 is 2.36 bits per heavy atom. The number of nitrogens with two attached hydrogens (primary N) is 2. The van der Waals surface area contributed by atoms with E-state index < -0.39 is 37.2 Å². The highest BCUT2D eigenvalue weighted by Gasteiger charge is 2.38. The van der Waals surface area contributed by atoms with Crippen molar-refractivity contribution >= 4 is 30.9 Å². The van der Waals surface area contributed by atoms with Crippen molar-refractivity contribution in [2.75, 3.05) is 13.1 Å². The van der Waals surface area contributed by atoms with E-state index in [0.717, 1.165) is 0 Å². The lowest BCUT2D eigenvalue weighted by Crippen LogP contribution is -2.57. The van der Waals surface area contributed by atoms with Crippen LogP contribution in [0, 0.1) is 0 Å². The predicted octanol–water partition coefficient (Wildman–Crippen LogP) is 0.00600. The number of carbonyl (C=O) groups excluding carboxylic acids is 2. The fraction of sp³-hybridized carbons (Fsp3) is 0.500. The van der Waals surface area contributed by atoms with Crippen LogP contribution in [0.4, 0.5) is 13.2 Å². The maximum absolute atomic E-state index is 12.2. The summed E-state index contributed by atoms with van der Waals surface area (Å²) < 4.78 is 42.8. The molecule has 0 aliphatic carbocycles. The van der Waals surface area contributed by atoms with Gasteiger partial charge in [0.2, 0.25) is 11.8 Å². The predicted molar refractivity (Wildman–Crippen MR) is 116 cm³/mol. The summed E-state index contributed by atoms with van der Waals surface area (Å²) in [5.74, 6) is -4.31. The molecular formula is C20H25BF3N3O9. The van der Waals surface area contributed by atoms with E-state index in [1.807, 2.05) is 0 Å². The molecule has 0 bridgehead atoms. The molecule has 1 aromatic rings. The molecule has 7 N–H and O–H groups in total. The quantitative estimate of drug-likeness (QED) is 0.291. The molecule has 1 fully saturated rings. The van der Waals surface area contributed by atoms with E-state index in [0.29, 0.717) is 37.8 Å². The molecule has 2 aliphatic heterocycles. The zero-order valence-electron chi connectivity index (χ0n) is 18.9. The number of aliphatic carboxylic acids is 1. The molecule has 36 heavy (non-hydrogen) atoms. The number of carboxylic acids is 2. The van der Waals surface area contributed by atoms with Gasteiger partial charge in [-0.15, -0.1) is 0 Å². The van der Waals surface area contributed by atoms with Crippen LogP contribution in [0.3, 0.4) is 0 Å². The minimum atomic E-state index is -5.08. The van der Waals surface area contributed by atoms with Gasteiger partial charge in [-0.05, 0) is 30.8 Å². The van der Waals surface area contributed by atoms with Crippen LogP contribution >= 0.6 is 0 Å². The number of carboxylic acid groups (broad SMARTS) is 2. The summed E-state index contributed by atoms with van der Waals surface area (Å²) in [4.78, 5) is 45.2. The summed E-state index contributed by atoms with van der Waals surface area (Å²) in [5, 5.41) is 26.4. The summed E-state index contributed by atoms with van der Waals surface area (Å²) in [5.41, 5.74) is 11.5. The Morgan fingerprint density at radius 2 is 1.83 bits per heavy atom. The SMILES string of the molecule is NC(=O)CC[C@H](N)CC(=O)N1CC(Oc2ccc3c(c2C(=O)O)OB(O)CC3)C1.O=C(O)C(F)(F)F. The number of carbonyl (C=O) groups is 4. The molecule has 0 spiro atoms. The van der Waals surface area contributed by atoms with Gasteiger partial charge in [0.05, 0.1) is 13.1 Å². The smallest absolute Gasteiger partial charge is 0.522 e. The van der Waals surface area contributed by atoms with E-state index in [-0.39, 0.29) is 41.9 Å². The number of hydrogen-bond acceptors (Lipinski definition) is 8. The summed E-state index contributed by atoms with van der Waals surface area (Å²) in [6, 6.07) is 2.86. The fourth-order valence-corrected chi connectivity index (χ4v) is 3.39. The highest BCUT2D eigenvalue weighted by atomic mass is 19.4. The minimum absolute atomic E-state index is 0.102. The number of amides is 2. The van der Waals surface area contributed by atoms with E-state index in [1.54, 1.807) is 17.0 Å². The van der Waals surface area contributed by atoms with Crippen LogP contribution in [-0.2, 0) is 20.8 Å². The number of halogens is 3. The normalized spacial score (nSPS) is 15.9. The number of aryl methyl sites for hydroxylation is 1. The van der Waals surface area contributed by atoms with Gasteiger partial charge in [-0.3, -0.25) is 9.59 Å². The minimum Gasteiger partial charge on any atom is -0.535 e. The molecule has 2 aliphatic rings. The molecule has 0 unspecified atom stereocenters. The molecule has 12 nitrogen and oxygen atoms in total. The van der Waals surface area contributed by atoms with Crippen LogP contribution in [0.1, 0.15) is 35.2 Å². The maximum atomic E-state index is 12.2. The Kier molecular flexibility index (Phi) is 9.52. The van der Waals surface area contributed by atoms with E-state index in [4.69, 9.17) is 30.8 Å². The number of alkyl halides is 3. The molecular weight excluding hydrogens is 494 g/mol. The Labute approximate surface area is 203 Å². The van der Waals surface area contributed by atoms with Crippen molar-refractivity contribution in [2.45, 2.75) is 50.3 Å². The summed E-state index contributed by atoms with van der Waals surface area (Å²) in [6.45, 7) is 0.613. The Hall–Kier alpha value is -3.53. The van der Waals surface area contributed by atoms with Gasteiger partial charge >= 0.3 is 25.2 Å². The number of ether oxygens (including phenoxy) is 1. The lowest BCUT2D eigenvalue weighted by Gasteiger charge is -2.39. The van der Waals surface area contributed by atoms with Gasteiger partial charge < -0.3 is 41.0 Å². The van der Waals surface area contributed by atoms with Gasteiger partial charge in [0.25, 0.3) is 0 Å². The average Bonchev–Trinajstić information content (AvgIpc) is 2.73. The van der Waals surface area contributed by atoms with Crippen LogP contribution in [-0.4, -0.2) is 82.4 Å². The van der Waals surface area contributed by atoms with Gasteiger partial charge in [-0.25, -0.2) is 9.59 Å². The zero-order chi connectivity index (χ0) is 27.2. The van der Waals surface area contributed by atoms with Gasteiger partial charge in [-0.2, -0.15) is 13.2 Å². The first-order valence-corrected chi connectivity index (χ1v) is 10.7. The van der Waals surface area contributed by atoms with Crippen molar-refractivity contribution in [1.29, 1.82) is 0 Å². The third-order valence-electron chi connectivity index (χ3n) is 5.26. The first-order valence-electron chi connectivity index (χ1n) is 10.7. The summed E-state index contributed by atoms with van der Waals surface area (Å²) in [6.07, 6.45) is -3.95. The average molecular weight is 519 g/mol. The highest BCUT2D eigenvalue weighted by Crippen LogP contribution is 2.37. The first-order chi connectivity index (χ1) is 16.7. The molecule has 1 aromatic carbocycles. The molecule has 1 atom stereocenters. The van der Waals surface area contributed by atoms with Crippen molar-refractivity contribution in [2.24, 2.45) is 11.5 Å². The van der Waals surface area contributed by atoms with Crippen LogP contribution in [0.25, 0.3) is 0 Å². The van der Waals surface area contributed by atoms with Gasteiger partial charge in [0.1, 0.15) is 23.2 Å². The van der Waals surface area contributed by atoms with Crippen LogP contribution in [0.2, 0.25) is 6.32 Å². The van der Waals surface area contributed by atoms with Gasteiger partial charge in [0, 0.05) is 18.9 Å². The molecule has 0 aromatic heterocycles. The number of fused-ring (bicyclic) bond motifs is 1. The van der Waals surface area contributed by atoms with Crippen molar-refractivity contribution < 1.29 is 57.0 Å². The summed E-state index contributed by atoms with van der Waals surface area (Å²) in [7, 11) is -1.05. The number of aromatic carboxylic acids is 1. The molecule has 0 radical (unpaired) electrons. The number of nitrogens with zero attached hydrogens (tertiary/aromatic N) is 1. The number of hydrogen-bond donors (Lipinski definition) is 5. The second-order valence-corrected chi connectivity index (χ2v) is 8.15. The monoisotopic (exact) mass is 519 g/mol. The Balaban J connectivity index is 0.000000572. The van der Waals surface area contributed by atoms with E-state index >= 15 is 0 Å². The van der Waals surface area contributed by atoms with E-state index in [2.05, 4.69) is 0 Å². The van der Waals surface area contributed by atoms with Crippen molar-refractivity contribution in [3.63, 3.8) is 0 Å². The second-order valence-electron chi connectivity index (χ2n) is 8.15. The van der Waals surface area contributed by atoms with Crippen molar-refractivity contribution in [3.05, 3.63) is 23.3 Å². The third-order valence-corrected chi connectivity index (χ3v) is 5.26. The van der Waals surface area contributed by atoms with E-state index in [9.17, 15) is 37.7 Å². The zero-order valence-corrected chi connectivity index (χ0v) is 18.9. The second kappa shape index (κ2) is 11.9. The Bertz CT molecular complexity index is 1000. The van der Waals surface area contributed by atoms with Crippen LogP contribution < -0.4 is 20.9 Å². The lowest BCUT2D eigenvalue weighted by atomic mass is 9.78. The number of benzene rings is 1. The Morgan fingerprint density at radius 1 is 1.22 bits per heavy atom. The largest absolute Gasteiger partial charge is 0.535 e. The van der Waals surface area contributed by atoms with Crippen LogP contribution in [0.15, 0.2) is 12.1 Å². The highest BCUT2D eigenvalue weighted by molar-refractivity contribution is 6.44. The van der Waals surface area contributed by atoms with Crippen molar-refractivity contribution in [3.8, 4) is 11.5 Å². The first kappa shape index (κ1) is 28.7. The molecule has 2 heterocycles. The topological polar surface area (TPSA) is 203 Å². The number of likely N-dealkylation sites (tertiary alicyclic amines) is 1. The molecule has 16 heteroatoms. The molecule has 198 valence electrons. The number of primary amides is 1.